The van der Waals surface area contributed by atoms with Crippen LogP contribution in [-0.4, -0.2) is 26.3 Å². The average Bonchev–Trinajstić information content (AvgIpc) is 3.60. The van der Waals surface area contributed by atoms with Crippen LogP contribution in [0.3, 0.4) is 0 Å². The van der Waals surface area contributed by atoms with E-state index in [2.05, 4.69) is 0 Å². The molecule has 2 heterocycles. The number of benzene rings is 3. The van der Waals surface area contributed by atoms with E-state index in [1.165, 1.54) is 13.2 Å². The number of esters is 1. The fourth-order valence-electron chi connectivity index (χ4n) is 5.16. The Labute approximate surface area is 202 Å². The highest BCUT2D eigenvalue weighted by molar-refractivity contribution is 5.71. The summed E-state index contributed by atoms with van der Waals surface area (Å²) in [5.74, 6) is 2.94. The molecule has 35 heavy (non-hydrogen) atoms. The van der Waals surface area contributed by atoms with Gasteiger partial charge in [-0.25, -0.2) is 4.39 Å². The zero-order valence-corrected chi connectivity index (χ0v) is 19.3. The molecule has 2 aliphatic heterocycles. The molecule has 0 fully saturated rings. The van der Waals surface area contributed by atoms with Gasteiger partial charge in [-0.2, -0.15) is 0 Å². The van der Waals surface area contributed by atoms with Gasteiger partial charge in [0.2, 0.25) is 0 Å². The third kappa shape index (κ3) is 4.05. The molecule has 0 saturated carbocycles. The molecule has 6 rings (SSSR count). The Morgan fingerprint density at radius 2 is 1.91 bits per heavy atom. The first-order valence-corrected chi connectivity index (χ1v) is 11.8. The molecule has 7 heteroatoms. The summed E-state index contributed by atoms with van der Waals surface area (Å²) < 4.78 is 43.5. The lowest BCUT2D eigenvalue weighted by atomic mass is 9.98. The monoisotopic (exact) mass is 476 g/mol. The van der Waals surface area contributed by atoms with E-state index in [1.807, 2.05) is 36.4 Å². The Hall–Kier alpha value is -3.74. The minimum Gasteiger partial charge on any atom is -0.493 e. The van der Waals surface area contributed by atoms with Gasteiger partial charge in [0, 0.05) is 40.7 Å². The maximum Gasteiger partial charge on any atom is 0.306 e. The van der Waals surface area contributed by atoms with Gasteiger partial charge >= 0.3 is 5.97 Å². The van der Waals surface area contributed by atoms with Crippen molar-refractivity contribution in [3.05, 3.63) is 76.6 Å². The van der Waals surface area contributed by atoms with E-state index in [1.54, 1.807) is 6.07 Å². The van der Waals surface area contributed by atoms with E-state index in [0.717, 1.165) is 28.9 Å². The first-order valence-electron chi connectivity index (χ1n) is 11.8. The maximum absolute atomic E-state index is 14.9. The summed E-state index contributed by atoms with van der Waals surface area (Å²) in [5.41, 5.74) is 3.45. The second-order valence-electron chi connectivity index (χ2n) is 9.04. The first kappa shape index (κ1) is 21.8. The Bertz CT molecular complexity index is 1300. The van der Waals surface area contributed by atoms with Crippen LogP contribution in [0.25, 0.3) is 0 Å². The van der Waals surface area contributed by atoms with Crippen LogP contribution in [0.5, 0.6) is 28.7 Å². The second kappa shape index (κ2) is 8.80. The number of rotatable bonds is 6. The molecule has 0 amide bonds. The summed E-state index contributed by atoms with van der Waals surface area (Å²) in [4.78, 5) is 11.7. The zero-order chi connectivity index (χ0) is 23.9. The molecule has 0 bridgehead atoms. The highest BCUT2D eigenvalue weighted by Gasteiger charge is 2.32. The summed E-state index contributed by atoms with van der Waals surface area (Å²) in [6, 6.07) is 14.5. The van der Waals surface area contributed by atoms with E-state index in [0.29, 0.717) is 54.6 Å². The molecule has 0 radical (unpaired) electrons. The number of fused-ring (bicyclic) bond motifs is 3. The van der Waals surface area contributed by atoms with E-state index in [9.17, 15) is 9.18 Å². The summed E-state index contributed by atoms with van der Waals surface area (Å²) in [7, 11) is 1.38. The highest BCUT2D eigenvalue weighted by Crippen LogP contribution is 2.44. The number of halogens is 1. The van der Waals surface area contributed by atoms with E-state index >= 15 is 0 Å². The van der Waals surface area contributed by atoms with E-state index in [-0.39, 0.29) is 24.1 Å². The lowest BCUT2D eigenvalue weighted by Crippen LogP contribution is -2.09. The van der Waals surface area contributed by atoms with Gasteiger partial charge in [0.1, 0.15) is 40.7 Å². The van der Waals surface area contributed by atoms with Crippen molar-refractivity contribution in [1.29, 1.82) is 0 Å². The van der Waals surface area contributed by atoms with Crippen LogP contribution >= 0.6 is 0 Å². The lowest BCUT2D eigenvalue weighted by Gasteiger charge is -2.17. The Kier molecular flexibility index (Phi) is 5.47. The largest absolute Gasteiger partial charge is 0.493 e. The van der Waals surface area contributed by atoms with E-state index in [4.69, 9.17) is 23.7 Å². The summed E-state index contributed by atoms with van der Waals surface area (Å²) in [5, 5.41) is 0. The van der Waals surface area contributed by atoms with Gasteiger partial charge in [0.05, 0.1) is 26.7 Å². The predicted molar refractivity (Wildman–Crippen MR) is 125 cm³/mol. The molecule has 180 valence electrons. The molecular weight excluding hydrogens is 451 g/mol. The van der Waals surface area contributed by atoms with Crippen LogP contribution < -0.4 is 18.9 Å². The fourth-order valence-corrected chi connectivity index (χ4v) is 5.16. The summed E-state index contributed by atoms with van der Waals surface area (Å²) >= 11 is 0. The Balaban J connectivity index is 1.21. The average molecular weight is 477 g/mol. The van der Waals surface area contributed by atoms with Gasteiger partial charge in [0.25, 0.3) is 0 Å². The molecule has 1 unspecified atom stereocenters. The van der Waals surface area contributed by atoms with Gasteiger partial charge in [-0.3, -0.25) is 4.79 Å². The third-order valence-electron chi connectivity index (χ3n) is 6.91. The summed E-state index contributed by atoms with van der Waals surface area (Å²) in [6.45, 7) is 1.10. The highest BCUT2D eigenvalue weighted by atomic mass is 19.1. The van der Waals surface area contributed by atoms with Crippen molar-refractivity contribution in [2.24, 2.45) is 0 Å². The van der Waals surface area contributed by atoms with Gasteiger partial charge in [-0.1, -0.05) is 6.07 Å². The van der Waals surface area contributed by atoms with Crippen molar-refractivity contribution in [3.63, 3.8) is 0 Å². The van der Waals surface area contributed by atoms with E-state index < -0.39 is 6.10 Å². The maximum atomic E-state index is 14.9. The topological polar surface area (TPSA) is 63.2 Å². The predicted octanol–water partition coefficient (Wildman–Crippen LogP) is 5.66. The molecular formula is C28H25FO6. The molecule has 0 saturated heterocycles. The molecule has 0 aromatic heterocycles. The first-order chi connectivity index (χ1) is 17.1. The molecule has 1 aliphatic carbocycles. The smallest absolute Gasteiger partial charge is 0.306 e. The van der Waals surface area contributed by atoms with Crippen molar-refractivity contribution in [2.45, 2.75) is 37.7 Å². The van der Waals surface area contributed by atoms with Crippen molar-refractivity contribution in [3.8, 4) is 28.7 Å². The molecule has 3 aliphatic rings. The lowest BCUT2D eigenvalue weighted by molar-refractivity contribution is -0.141. The number of methoxy groups -OCH3 is 1. The second-order valence-corrected chi connectivity index (χ2v) is 9.04. The minimum atomic E-state index is -0.424. The Morgan fingerprint density at radius 1 is 1.03 bits per heavy atom. The normalized spacial score (nSPS) is 19.3. The molecule has 3 aromatic carbocycles. The Morgan fingerprint density at radius 3 is 2.80 bits per heavy atom. The number of hydrogen-bond acceptors (Lipinski definition) is 6. The molecule has 0 spiro atoms. The van der Waals surface area contributed by atoms with Crippen LogP contribution in [0.15, 0.2) is 48.5 Å². The third-order valence-corrected chi connectivity index (χ3v) is 6.91. The van der Waals surface area contributed by atoms with Crippen LogP contribution in [0, 0.1) is 5.82 Å². The number of hydrogen-bond donors (Lipinski definition) is 0. The van der Waals surface area contributed by atoms with Crippen molar-refractivity contribution in [2.75, 3.05) is 20.3 Å². The number of ether oxygens (including phenoxy) is 5. The van der Waals surface area contributed by atoms with Crippen LogP contribution in [0.2, 0.25) is 0 Å². The fraction of sp³-hybridized carbons (Fsp3) is 0.321. The standard InChI is InChI=1S/C28H25FO6/c1-31-27(30)13-17-15-33-26-14-19(2-4-20(17)26)35-25-8-5-21-24(9-6-22(29)28(21)25)34-18-3-7-23-16(12-18)10-11-32-23/h2-4,6-7,9,12,14,17,25H,5,8,10-11,13,15H2,1H3/t17?,25-/m1/s1. The molecule has 3 aromatic rings. The zero-order valence-electron chi connectivity index (χ0n) is 19.3. The SMILES string of the molecule is COC(=O)CC1COc2cc(O[C@@H]3CCc4c(Oc5ccc6c(c5)CCO6)ccc(F)c43)ccc21. The quantitative estimate of drug-likeness (QED) is 0.428. The number of carbonyl (C=O) groups excluding carboxylic acids is 1. The van der Waals surface area contributed by atoms with Crippen molar-refractivity contribution >= 4 is 5.97 Å². The van der Waals surface area contributed by atoms with Gasteiger partial charge in [-0.05, 0) is 49.2 Å². The van der Waals surface area contributed by atoms with Gasteiger partial charge in [-0.15, -0.1) is 0 Å². The van der Waals surface area contributed by atoms with Gasteiger partial charge in [0.15, 0.2) is 0 Å². The number of carbonyl (C=O) groups is 1. The molecule has 0 N–H and O–H groups in total. The van der Waals surface area contributed by atoms with Crippen LogP contribution in [-0.2, 0) is 22.4 Å². The van der Waals surface area contributed by atoms with Gasteiger partial charge < -0.3 is 23.7 Å². The minimum absolute atomic E-state index is 0.0402. The van der Waals surface area contributed by atoms with Crippen LogP contribution in [0.1, 0.15) is 47.1 Å². The summed E-state index contributed by atoms with van der Waals surface area (Å²) in [6.07, 6.45) is 2.01. The van der Waals surface area contributed by atoms with Crippen LogP contribution in [0.4, 0.5) is 4.39 Å². The van der Waals surface area contributed by atoms with Crippen molar-refractivity contribution < 1.29 is 32.9 Å². The molecule has 2 atom stereocenters. The van der Waals surface area contributed by atoms with Crippen molar-refractivity contribution in [1.82, 2.24) is 0 Å². The molecule has 6 nitrogen and oxygen atoms in total.